The van der Waals surface area contributed by atoms with Gasteiger partial charge < -0.3 is 9.64 Å². The number of hydrogen-bond acceptors (Lipinski definition) is 4. The van der Waals surface area contributed by atoms with Gasteiger partial charge in [-0.2, -0.15) is 0 Å². The van der Waals surface area contributed by atoms with E-state index < -0.39 is 15.1 Å². The summed E-state index contributed by atoms with van der Waals surface area (Å²) in [5.74, 6) is 0. The van der Waals surface area contributed by atoms with Crippen molar-refractivity contribution in [3.05, 3.63) is 65.7 Å². The van der Waals surface area contributed by atoms with Gasteiger partial charge in [-0.25, -0.2) is 8.42 Å². The predicted molar refractivity (Wildman–Crippen MR) is 120 cm³/mol. The van der Waals surface area contributed by atoms with E-state index in [1.807, 2.05) is 18.2 Å². The van der Waals surface area contributed by atoms with E-state index in [4.69, 9.17) is 4.74 Å². The maximum atomic E-state index is 12.4. The number of benzene rings is 2. The molecular formula is C24H35NO3S. The van der Waals surface area contributed by atoms with Crippen molar-refractivity contribution >= 4 is 9.84 Å². The van der Waals surface area contributed by atoms with Crippen LogP contribution in [-0.2, 0) is 21.0 Å². The second kappa shape index (κ2) is 11.5. The third-order valence-corrected chi connectivity index (χ3v) is 7.21. The maximum absolute atomic E-state index is 12.4. The van der Waals surface area contributed by atoms with Gasteiger partial charge in [0, 0.05) is 6.61 Å². The van der Waals surface area contributed by atoms with Crippen LogP contribution in [0.2, 0.25) is 0 Å². The highest BCUT2D eigenvalue weighted by Gasteiger charge is 2.20. The molecule has 0 bridgehead atoms. The van der Waals surface area contributed by atoms with Crippen LogP contribution in [0, 0.1) is 0 Å². The van der Waals surface area contributed by atoms with Crippen LogP contribution >= 0.6 is 0 Å². The van der Waals surface area contributed by atoms with E-state index in [1.54, 1.807) is 26.0 Å². The van der Waals surface area contributed by atoms with Gasteiger partial charge >= 0.3 is 0 Å². The van der Waals surface area contributed by atoms with Gasteiger partial charge in [-0.05, 0) is 83.4 Å². The van der Waals surface area contributed by atoms with Crippen LogP contribution in [0.5, 0.6) is 0 Å². The van der Waals surface area contributed by atoms with Crippen molar-refractivity contribution in [3.63, 3.8) is 0 Å². The predicted octanol–water partition coefficient (Wildman–Crippen LogP) is 4.90. The van der Waals surface area contributed by atoms with Crippen LogP contribution in [0.1, 0.15) is 50.3 Å². The smallest absolute Gasteiger partial charge is 0.180 e. The SMILES string of the molecule is CC(C)S(=O)(=O)c1ccc(C(CCCc2ccccc2)OCCCN(C)C)cc1. The minimum Gasteiger partial charge on any atom is -0.373 e. The van der Waals surface area contributed by atoms with E-state index in [-0.39, 0.29) is 6.10 Å². The van der Waals surface area contributed by atoms with E-state index in [0.717, 1.165) is 37.8 Å². The summed E-state index contributed by atoms with van der Waals surface area (Å²) in [6.07, 6.45) is 3.90. The molecule has 0 fully saturated rings. The van der Waals surface area contributed by atoms with Crippen molar-refractivity contribution in [3.8, 4) is 0 Å². The normalized spacial score (nSPS) is 13.2. The number of aryl methyl sites for hydroxylation is 1. The van der Waals surface area contributed by atoms with Crippen LogP contribution in [0.4, 0.5) is 0 Å². The molecule has 0 aliphatic heterocycles. The molecule has 0 aliphatic carbocycles. The first-order valence-corrected chi connectivity index (χ1v) is 12.0. The van der Waals surface area contributed by atoms with Gasteiger partial charge in [-0.1, -0.05) is 42.5 Å². The molecule has 4 nitrogen and oxygen atoms in total. The summed E-state index contributed by atoms with van der Waals surface area (Å²) in [4.78, 5) is 2.53. The zero-order valence-corrected chi connectivity index (χ0v) is 19.0. The van der Waals surface area contributed by atoms with E-state index in [1.165, 1.54) is 5.56 Å². The Hall–Kier alpha value is -1.69. The number of nitrogens with zero attached hydrogens (tertiary/aromatic N) is 1. The second-order valence-corrected chi connectivity index (χ2v) is 10.6. The Bertz CT molecular complexity index is 815. The van der Waals surface area contributed by atoms with Gasteiger partial charge in [0.2, 0.25) is 0 Å². The fourth-order valence-corrected chi connectivity index (χ4v) is 4.29. The molecule has 0 amide bonds. The van der Waals surface area contributed by atoms with Crippen molar-refractivity contribution in [1.82, 2.24) is 4.90 Å². The summed E-state index contributed by atoms with van der Waals surface area (Å²) in [5, 5.41) is -0.419. The largest absolute Gasteiger partial charge is 0.373 e. The molecule has 2 aromatic rings. The van der Waals surface area contributed by atoms with Gasteiger partial charge in [0.05, 0.1) is 16.2 Å². The lowest BCUT2D eigenvalue weighted by molar-refractivity contribution is 0.0410. The molecule has 2 aromatic carbocycles. The van der Waals surface area contributed by atoms with Gasteiger partial charge in [-0.15, -0.1) is 0 Å². The molecule has 0 saturated carbocycles. The summed E-state index contributed by atoms with van der Waals surface area (Å²) in [6, 6.07) is 17.7. The topological polar surface area (TPSA) is 46.6 Å². The lowest BCUT2D eigenvalue weighted by atomic mass is 10.0. The Kier molecular flexibility index (Phi) is 9.34. The van der Waals surface area contributed by atoms with Crippen LogP contribution in [0.3, 0.4) is 0 Å². The summed E-state index contributed by atoms with van der Waals surface area (Å²) in [5.41, 5.74) is 2.38. The minimum atomic E-state index is -3.25. The van der Waals surface area contributed by atoms with E-state index in [2.05, 4.69) is 43.3 Å². The summed E-state index contributed by atoms with van der Waals surface area (Å²) in [6.45, 7) is 5.11. The molecule has 5 heteroatoms. The van der Waals surface area contributed by atoms with E-state index in [0.29, 0.717) is 11.5 Å². The Morgan fingerprint density at radius 3 is 2.17 bits per heavy atom. The molecule has 1 atom stereocenters. The Morgan fingerprint density at radius 2 is 1.59 bits per heavy atom. The lowest BCUT2D eigenvalue weighted by Crippen LogP contribution is -2.16. The fraction of sp³-hybridized carbons (Fsp3) is 0.500. The molecule has 0 aromatic heterocycles. The second-order valence-electron chi connectivity index (χ2n) is 8.06. The van der Waals surface area contributed by atoms with Crippen LogP contribution < -0.4 is 0 Å². The molecule has 0 radical (unpaired) electrons. The Morgan fingerprint density at radius 1 is 0.931 bits per heavy atom. The van der Waals surface area contributed by atoms with E-state index in [9.17, 15) is 8.42 Å². The highest BCUT2D eigenvalue weighted by Crippen LogP contribution is 2.26. The molecule has 0 spiro atoms. The molecule has 0 N–H and O–H groups in total. The molecule has 0 aliphatic rings. The standard InChI is InChI=1S/C24H35NO3S/c1-20(2)29(26,27)23-16-14-22(15-17-23)24(28-19-9-18-25(3)4)13-8-12-21-10-6-5-7-11-21/h5-7,10-11,14-17,20,24H,8-9,12-13,18-19H2,1-4H3. The monoisotopic (exact) mass is 417 g/mol. The minimum absolute atomic E-state index is 0.0170. The Labute approximate surface area is 176 Å². The first-order valence-electron chi connectivity index (χ1n) is 10.4. The van der Waals surface area contributed by atoms with Gasteiger partial charge in [0.1, 0.15) is 0 Å². The van der Waals surface area contributed by atoms with Crippen LogP contribution in [0.25, 0.3) is 0 Å². The third kappa shape index (κ3) is 7.57. The lowest BCUT2D eigenvalue weighted by Gasteiger charge is -2.20. The maximum Gasteiger partial charge on any atom is 0.180 e. The van der Waals surface area contributed by atoms with E-state index >= 15 is 0 Å². The molecule has 2 rings (SSSR count). The molecule has 160 valence electrons. The van der Waals surface area contributed by atoms with Crippen molar-refractivity contribution in [2.45, 2.75) is 55.8 Å². The summed E-state index contributed by atoms with van der Waals surface area (Å²) >= 11 is 0. The van der Waals surface area contributed by atoms with Gasteiger partial charge in [0.25, 0.3) is 0 Å². The first-order chi connectivity index (χ1) is 13.8. The molecular weight excluding hydrogens is 382 g/mol. The number of ether oxygens (including phenoxy) is 1. The molecule has 1 unspecified atom stereocenters. The van der Waals surface area contributed by atoms with Crippen molar-refractivity contribution in [2.24, 2.45) is 0 Å². The van der Waals surface area contributed by atoms with Crippen molar-refractivity contribution in [2.75, 3.05) is 27.2 Å². The number of rotatable bonds is 12. The average molecular weight is 418 g/mol. The molecule has 29 heavy (non-hydrogen) atoms. The third-order valence-electron chi connectivity index (χ3n) is 5.04. The highest BCUT2D eigenvalue weighted by atomic mass is 32.2. The Balaban J connectivity index is 2.04. The molecule has 0 saturated heterocycles. The summed E-state index contributed by atoms with van der Waals surface area (Å²) in [7, 11) is 0.872. The summed E-state index contributed by atoms with van der Waals surface area (Å²) < 4.78 is 31.0. The van der Waals surface area contributed by atoms with Crippen LogP contribution in [-0.4, -0.2) is 45.8 Å². The quantitative estimate of drug-likeness (QED) is 0.461. The average Bonchev–Trinajstić information content (AvgIpc) is 2.70. The zero-order chi connectivity index (χ0) is 21.3. The number of sulfone groups is 1. The van der Waals surface area contributed by atoms with Gasteiger partial charge in [0.15, 0.2) is 9.84 Å². The molecule has 0 heterocycles. The highest BCUT2D eigenvalue weighted by molar-refractivity contribution is 7.92. The first kappa shape index (κ1) is 23.6. The van der Waals surface area contributed by atoms with Crippen molar-refractivity contribution in [1.29, 1.82) is 0 Å². The van der Waals surface area contributed by atoms with Gasteiger partial charge in [-0.3, -0.25) is 0 Å². The fourth-order valence-electron chi connectivity index (χ4n) is 3.23. The van der Waals surface area contributed by atoms with Crippen LogP contribution in [0.15, 0.2) is 59.5 Å². The van der Waals surface area contributed by atoms with Crippen molar-refractivity contribution < 1.29 is 13.2 Å². The number of hydrogen-bond donors (Lipinski definition) is 0. The zero-order valence-electron chi connectivity index (χ0n) is 18.2.